The summed E-state index contributed by atoms with van der Waals surface area (Å²) < 4.78 is 5.74. The van der Waals surface area contributed by atoms with Crippen LogP contribution in [0.1, 0.15) is 30.1 Å². The summed E-state index contributed by atoms with van der Waals surface area (Å²) in [5, 5.41) is 3.66. The van der Waals surface area contributed by atoms with Gasteiger partial charge in [-0.05, 0) is 56.5 Å². The van der Waals surface area contributed by atoms with Gasteiger partial charge in [-0.25, -0.2) is 0 Å². The summed E-state index contributed by atoms with van der Waals surface area (Å²) in [5.74, 6) is 1.74. The highest BCUT2D eigenvalue weighted by molar-refractivity contribution is 6.31. The smallest absolute Gasteiger partial charge is 0.251 e. The van der Waals surface area contributed by atoms with Gasteiger partial charge in [0, 0.05) is 42.7 Å². The fourth-order valence-electron chi connectivity index (χ4n) is 3.96. The molecule has 0 spiro atoms. The molecular weight excluding hydrogens is 350 g/mol. The molecule has 26 heavy (non-hydrogen) atoms. The quantitative estimate of drug-likeness (QED) is 0.889. The minimum atomic E-state index is -0.0232. The SMILES string of the molecule is CC1CC2CCN1CC2NC(=O)c1ccc(Oc2ccncc2Cl)cc1. The van der Waals surface area contributed by atoms with Gasteiger partial charge in [0.25, 0.3) is 5.91 Å². The number of ether oxygens (including phenoxy) is 1. The molecule has 3 fully saturated rings. The molecule has 1 aromatic heterocycles. The third-order valence-corrected chi connectivity index (χ3v) is 5.73. The average molecular weight is 372 g/mol. The summed E-state index contributed by atoms with van der Waals surface area (Å²) in [6.07, 6.45) is 5.50. The molecule has 2 bridgehead atoms. The van der Waals surface area contributed by atoms with Crippen LogP contribution in [0, 0.1) is 5.92 Å². The third-order valence-electron chi connectivity index (χ3n) is 5.45. The van der Waals surface area contributed by atoms with Crippen LogP contribution in [0.15, 0.2) is 42.7 Å². The lowest BCUT2D eigenvalue weighted by atomic mass is 9.80. The van der Waals surface area contributed by atoms with E-state index in [-0.39, 0.29) is 11.9 Å². The Labute approximate surface area is 158 Å². The van der Waals surface area contributed by atoms with Crippen molar-refractivity contribution < 1.29 is 9.53 Å². The topological polar surface area (TPSA) is 54.5 Å². The van der Waals surface area contributed by atoms with E-state index in [1.807, 2.05) is 0 Å². The van der Waals surface area contributed by atoms with Gasteiger partial charge in [0.05, 0.1) is 0 Å². The van der Waals surface area contributed by atoms with Crippen molar-refractivity contribution in [3.05, 3.63) is 53.3 Å². The second-order valence-electron chi connectivity index (χ2n) is 7.14. The Balaban J connectivity index is 1.39. The van der Waals surface area contributed by atoms with Gasteiger partial charge in [-0.1, -0.05) is 11.6 Å². The lowest BCUT2D eigenvalue weighted by Crippen LogP contribution is -2.60. The molecule has 0 radical (unpaired) electrons. The van der Waals surface area contributed by atoms with Crippen molar-refractivity contribution >= 4 is 17.5 Å². The van der Waals surface area contributed by atoms with Crippen molar-refractivity contribution in [2.75, 3.05) is 13.1 Å². The largest absolute Gasteiger partial charge is 0.456 e. The zero-order valence-electron chi connectivity index (χ0n) is 14.7. The monoisotopic (exact) mass is 371 g/mol. The van der Waals surface area contributed by atoms with Crippen LogP contribution in [0.4, 0.5) is 0 Å². The van der Waals surface area contributed by atoms with Crippen molar-refractivity contribution in [2.45, 2.75) is 31.8 Å². The molecule has 4 heterocycles. The first-order valence-corrected chi connectivity index (χ1v) is 9.40. The van der Waals surface area contributed by atoms with Gasteiger partial charge in [0.1, 0.15) is 16.5 Å². The van der Waals surface area contributed by atoms with Crippen LogP contribution in [0.25, 0.3) is 0 Å². The summed E-state index contributed by atoms with van der Waals surface area (Å²) >= 11 is 6.05. The number of hydrogen-bond acceptors (Lipinski definition) is 4. The van der Waals surface area contributed by atoms with E-state index in [9.17, 15) is 4.79 Å². The molecule has 5 rings (SSSR count). The predicted octanol–water partition coefficient (Wildman–Crippen LogP) is 3.74. The first-order chi connectivity index (χ1) is 12.6. The van der Waals surface area contributed by atoms with Crippen LogP contribution in [-0.4, -0.2) is 41.0 Å². The molecule has 136 valence electrons. The maximum atomic E-state index is 12.6. The molecule has 4 atom stereocenters. The highest BCUT2D eigenvalue weighted by atomic mass is 35.5. The fraction of sp³-hybridized carbons (Fsp3) is 0.400. The number of benzene rings is 1. The normalized spacial score (nSPS) is 27.2. The molecule has 6 heteroatoms. The number of amides is 1. The molecule has 4 unspecified atom stereocenters. The number of hydrogen-bond donors (Lipinski definition) is 1. The minimum Gasteiger partial charge on any atom is -0.456 e. The number of nitrogens with one attached hydrogen (secondary N) is 1. The van der Waals surface area contributed by atoms with Crippen molar-refractivity contribution in [3.63, 3.8) is 0 Å². The van der Waals surface area contributed by atoms with Gasteiger partial charge < -0.3 is 10.1 Å². The molecule has 2 aromatic rings. The van der Waals surface area contributed by atoms with E-state index in [4.69, 9.17) is 16.3 Å². The highest BCUT2D eigenvalue weighted by Gasteiger charge is 2.38. The van der Waals surface area contributed by atoms with Crippen molar-refractivity contribution in [2.24, 2.45) is 5.92 Å². The van der Waals surface area contributed by atoms with E-state index < -0.39 is 0 Å². The summed E-state index contributed by atoms with van der Waals surface area (Å²) in [5.41, 5.74) is 0.641. The van der Waals surface area contributed by atoms with Gasteiger partial charge in [-0.3, -0.25) is 14.7 Å². The highest BCUT2D eigenvalue weighted by Crippen LogP contribution is 2.32. The Bertz CT molecular complexity index is 796. The van der Waals surface area contributed by atoms with Crippen LogP contribution in [-0.2, 0) is 0 Å². The molecule has 0 aliphatic carbocycles. The van der Waals surface area contributed by atoms with Gasteiger partial charge in [-0.2, -0.15) is 0 Å². The number of halogens is 1. The Morgan fingerprint density at radius 3 is 2.77 bits per heavy atom. The molecule has 1 N–H and O–H groups in total. The molecule has 3 aliphatic rings. The maximum absolute atomic E-state index is 12.6. The molecule has 1 aromatic carbocycles. The Morgan fingerprint density at radius 2 is 2.12 bits per heavy atom. The Kier molecular flexibility index (Phi) is 4.83. The standard InChI is InChI=1S/C20H22ClN3O2/c1-13-10-15-7-9-24(13)12-18(15)23-20(25)14-2-4-16(5-3-14)26-19-6-8-22-11-17(19)21/h2-6,8,11,13,15,18H,7,9-10,12H2,1H3,(H,23,25). The van der Waals surface area contributed by atoms with Gasteiger partial charge in [-0.15, -0.1) is 0 Å². The number of carbonyl (C=O) groups is 1. The number of pyridine rings is 1. The molecule has 1 amide bonds. The maximum Gasteiger partial charge on any atom is 0.251 e. The van der Waals surface area contributed by atoms with E-state index in [2.05, 4.69) is 22.1 Å². The van der Waals surface area contributed by atoms with E-state index in [1.165, 1.54) is 19.0 Å². The third kappa shape index (κ3) is 3.55. The molecule has 0 saturated carbocycles. The van der Waals surface area contributed by atoms with Gasteiger partial charge in [0.2, 0.25) is 0 Å². The Hall–Kier alpha value is -2.11. The fourth-order valence-corrected chi connectivity index (χ4v) is 4.12. The summed E-state index contributed by atoms with van der Waals surface area (Å²) in [4.78, 5) is 19.0. The first kappa shape index (κ1) is 17.3. The second kappa shape index (κ2) is 7.25. The summed E-state index contributed by atoms with van der Waals surface area (Å²) in [7, 11) is 0. The Morgan fingerprint density at radius 1 is 1.31 bits per heavy atom. The van der Waals surface area contributed by atoms with Crippen LogP contribution in [0.3, 0.4) is 0 Å². The van der Waals surface area contributed by atoms with Crippen molar-refractivity contribution in [3.8, 4) is 11.5 Å². The van der Waals surface area contributed by atoms with Gasteiger partial charge in [0.15, 0.2) is 0 Å². The number of carbonyl (C=O) groups excluding carboxylic acids is 1. The summed E-state index contributed by atoms with van der Waals surface area (Å²) in [6, 6.07) is 9.72. The zero-order chi connectivity index (χ0) is 18.1. The number of piperidine rings is 3. The number of rotatable bonds is 4. The molecular formula is C20H22ClN3O2. The zero-order valence-corrected chi connectivity index (χ0v) is 15.4. The number of aromatic nitrogens is 1. The molecule has 3 saturated heterocycles. The lowest BCUT2D eigenvalue weighted by molar-refractivity contribution is 0.0274. The average Bonchev–Trinajstić information content (AvgIpc) is 2.65. The minimum absolute atomic E-state index is 0.0232. The van der Waals surface area contributed by atoms with E-state index in [0.29, 0.717) is 34.0 Å². The van der Waals surface area contributed by atoms with Crippen LogP contribution in [0.5, 0.6) is 11.5 Å². The van der Waals surface area contributed by atoms with Crippen LogP contribution < -0.4 is 10.1 Å². The molecule has 5 nitrogen and oxygen atoms in total. The first-order valence-electron chi connectivity index (χ1n) is 9.02. The van der Waals surface area contributed by atoms with Crippen LogP contribution in [0.2, 0.25) is 5.02 Å². The van der Waals surface area contributed by atoms with Gasteiger partial charge >= 0.3 is 0 Å². The lowest BCUT2D eigenvalue weighted by Gasteiger charge is -2.48. The number of fused-ring (bicyclic) bond motifs is 3. The van der Waals surface area contributed by atoms with Crippen LogP contribution >= 0.6 is 11.6 Å². The van der Waals surface area contributed by atoms with E-state index in [1.54, 1.807) is 36.5 Å². The predicted molar refractivity (Wildman–Crippen MR) is 101 cm³/mol. The second-order valence-corrected chi connectivity index (χ2v) is 7.55. The summed E-state index contributed by atoms with van der Waals surface area (Å²) in [6.45, 7) is 4.39. The van der Waals surface area contributed by atoms with E-state index in [0.717, 1.165) is 13.1 Å². The molecule has 3 aliphatic heterocycles. The van der Waals surface area contributed by atoms with Crippen molar-refractivity contribution in [1.82, 2.24) is 15.2 Å². The van der Waals surface area contributed by atoms with Crippen molar-refractivity contribution in [1.29, 1.82) is 0 Å². The number of nitrogens with zero attached hydrogens (tertiary/aromatic N) is 2. The van der Waals surface area contributed by atoms with E-state index >= 15 is 0 Å².